The van der Waals surface area contributed by atoms with Gasteiger partial charge in [-0.2, -0.15) is 5.26 Å². The smallest absolute Gasteiger partial charge is 0.206 e. The second kappa shape index (κ2) is 5.96. The summed E-state index contributed by atoms with van der Waals surface area (Å²) < 4.78 is 25.6. The van der Waals surface area contributed by atoms with Gasteiger partial charge in [0.15, 0.2) is 0 Å². The van der Waals surface area contributed by atoms with Gasteiger partial charge in [-0.1, -0.05) is 6.08 Å². The molecular weight excluding hydrogens is 256 g/mol. The van der Waals surface area contributed by atoms with E-state index in [9.17, 15) is 8.42 Å². The minimum Gasteiger partial charge on any atom is -0.206 e. The highest BCUT2D eigenvalue weighted by molar-refractivity contribution is 7.91. The fourth-order valence-corrected chi connectivity index (χ4v) is 3.77. The summed E-state index contributed by atoms with van der Waals surface area (Å²) in [6.07, 6.45) is 3.29. The molecule has 0 bridgehead atoms. The molecule has 0 aromatic carbocycles. The van der Waals surface area contributed by atoms with Crippen LogP contribution in [-0.2, 0) is 10.0 Å². The van der Waals surface area contributed by atoms with E-state index in [1.54, 1.807) is 13.1 Å². The Morgan fingerprint density at radius 1 is 1.59 bits per heavy atom. The lowest BCUT2D eigenvalue weighted by Gasteiger charge is -2.15. The highest BCUT2D eigenvalue weighted by Crippen LogP contribution is 2.23. The highest BCUT2D eigenvalue weighted by atomic mass is 32.2. The van der Waals surface area contributed by atoms with Gasteiger partial charge in [0.25, 0.3) is 10.0 Å². The van der Waals surface area contributed by atoms with E-state index in [0.717, 1.165) is 24.2 Å². The van der Waals surface area contributed by atoms with Gasteiger partial charge in [0.05, 0.1) is 0 Å². The van der Waals surface area contributed by atoms with Crippen LogP contribution in [-0.4, -0.2) is 26.3 Å². The van der Waals surface area contributed by atoms with Gasteiger partial charge in [-0.05, 0) is 25.0 Å². The molecule has 0 saturated heterocycles. The van der Waals surface area contributed by atoms with E-state index in [2.05, 4.69) is 6.58 Å². The normalized spacial score (nSPS) is 11.4. The monoisotopic (exact) mass is 270 g/mol. The summed E-state index contributed by atoms with van der Waals surface area (Å²) >= 11 is 0.996. The third kappa shape index (κ3) is 3.40. The van der Waals surface area contributed by atoms with Gasteiger partial charge >= 0.3 is 0 Å². The molecule has 0 aliphatic rings. The van der Waals surface area contributed by atoms with Gasteiger partial charge in [0.1, 0.15) is 15.2 Å². The Morgan fingerprint density at radius 3 is 2.82 bits per heavy atom. The molecule has 0 aliphatic heterocycles. The molecule has 0 spiro atoms. The first-order valence-electron chi connectivity index (χ1n) is 5.09. The summed E-state index contributed by atoms with van der Waals surface area (Å²) in [5.41, 5.74) is 0. The Balaban J connectivity index is 2.80. The maximum Gasteiger partial charge on any atom is 0.252 e. The third-order valence-electron chi connectivity index (χ3n) is 2.24. The van der Waals surface area contributed by atoms with Crippen molar-refractivity contribution in [3.8, 4) is 6.07 Å². The summed E-state index contributed by atoms with van der Waals surface area (Å²) in [6, 6.07) is 4.93. The maximum absolute atomic E-state index is 12.1. The van der Waals surface area contributed by atoms with Crippen molar-refractivity contribution in [2.75, 3.05) is 13.6 Å². The van der Waals surface area contributed by atoms with Crippen LogP contribution in [0.25, 0.3) is 0 Å². The minimum absolute atomic E-state index is 0.218. The SMILES string of the molecule is C=CCCCN(C)S(=O)(=O)c1ccc(C#N)s1. The van der Waals surface area contributed by atoms with Gasteiger partial charge in [-0.15, -0.1) is 17.9 Å². The molecule has 0 saturated carbocycles. The Hall–Kier alpha value is -1.16. The number of hydrogen-bond acceptors (Lipinski definition) is 4. The van der Waals surface area contributed by atoms with E-state index in [4.69, 9.17) is 5.26 Å². The van der Waals surface area contributed by atoms with Crippen LogP contribution < -0.4 is 0 Å². The molecule has 0 N–H and O–H groups in total. The molecule has 17 heavy (non-hydrogen) atoms. The molecule has 0 atom stereocenters. The van der Waals surface area contributed by atoms with Crippen molar-refractivity contribution in [3.05, 3.63) is 29.7 Å². The van der Waals surface area contributed by atoms with E-state index < -0.39 is 10.0 Å². The van der Waals surface area contributed by atoms with Crippen molar-refractivity contribution in [3.63, 3.8) is 0 Å². The van der Waals surface area contributed by atoms with Crippen LogP contribution in [0, 0.1) is 11.3 Å². The molecule has 4 nitrogen and oxygen atoms in total. The minimum atomic E-state index is -3.44. The summed E-state index contributed by atoms with van der Waals surface area (Å²) in [5.74, 6) is 0. The molecule has 1 heterocycles. The number of unbranched alkanes of at least 4 members (excludes halogenated alkanes) is 1. The zero-order valence-electron chi connectivity index (χ0n) is 9.59. The van der Waals surface area contributed by atoms with Crippen molar-refractivity contribution in [1.82, 2.24) is 4.31 Å². The van der Waals surface area contributed by atoms with E-state index in [1.807, 2.05) is 6.07 Å². The predicted octanol–water partition coefficient (Wildman–Crippen LogP) is 2.21. The zero-order chi connectivity index (χ0) is 12.9. The van der Waals surface area contributed by atoms with Gasteiger partial charge < -0.3 is 0 Å². The summed E-state index contributed by atoms with van der Waals surface area (Å²) in [7, 11) is -1.90. The van der Waals surface area contributed by atoms with E-state index in [0.29, 0.717) is 11.4 Å². The van der Waals surface area contributed by atoms with Gasteiger partial charge in [0, 0.05) is 13.6 Å². The van der Waals surface area contributed by atoms with Crippen LogP contribution >= 0.6 is 11.3 Å². The van der Waals surface area contributed by atoms with Crippen molar-refractivity contribution in [2.45, 2.75) is 17.1 Å². The molecule has 0 unspecified atom stereocenters. The van der Waals surface area contributed by atoms with Gasteiger partial charge in [0.2, 0.25) is 0 Å². The molecule has 1 rings (SSSR count). The molecule has 0 aliphatic carbocycles. The lowest BCUT2D eigenvalue weighted by Crippen LogP contribution is -2.27. The lowest BCUT2D eigenvalue weighted by molar-refractivity contribution is 0.464. The van der Waals surface area contributed by atoms with Gasteiger partial charge in [-0.25, -0.2) is 12.7 Å². The topological polar surface area (TPSA) is 61.2 Å². The second-order valence-corrected chi connectivity index (χ2v) is 6.84. The quantitative estimate of drug-likeness (QED) is 0.588. The number of thiophene rings is 1. The van der Waals surface area contributed by atoms with Crippen LogP contribution in [0.15, 0.2) is 29.0 Å². The average molecular weight is 270 g/mol. The van der Waals surface area contributed by atoms with E-state index in [1.165, 1.54) is 16.4 Å². The van der Waals surface area contributed by atoms with Crippen molar-refractivity contribution >= 4 is 21.4 Å². The second-order valence-electron chi connectivity index (χ2n) is 3.49. The molecule has 6 heteroatoms. The predicted molar refractivity (Wildman–Crippen MR) is 68.3 cm³/mol. The highest BCUT2D eigenvalue weighted by Gasteiger charge is 2.22. The largest absolute Gasteiger partial charge is 0.252 e. The number of sulfonamides is 1. The molecule has 0 amide bonds. The number of rotatable bonds is 6. The van der Waals surface area contributed by atoms with Crippen molar-refractivity contribution in [1.29, 1.82) is 5.26 Å². The maximum atomic E-state index is 12.1. The fraction of sp³-hybridized carbons (Fsp3) is 0.364. The average Bonchev–Trinajstić information content (AvgIpc) is 2.78. The Morgan fingerprint density at radius 2 is 2.29 bits per heavy atom. The third-order valence-corrected chi connectivity index (χ3v) is 5.55. The molecule has 0 fully saturated rings. The van der Waals surface area contributed by atoms with Crippen LogP contribution in [0.2, 0.25) is 0 Å². The Kier molecular flexibility index (Phi) is 4.87. The molecule has 92 valence electrons. The number of allylic oxidation sites excluding steroid dienone is 1. The van der Waals surface area contributed by atoms with Crippen LogP contribution in [0.5, 0.6) is 0 Å². The first kappa shape index (κ1) is 13.9. The zero-order valence-corrected chi connectivity index (χ0v) is 11.2. The van der Waals surface area contributed by atoms with E-state index in [-0.39, 0.29) is 4.21 Å². The van der Waals surface area contributed by atoms with Crippen molar-refractivity contribution in [2.24, 2.45) is 0 Å². The van der Waals surface area contributed by atoms with Crippen LogP contribution in [0.4, 0.5) is 0 Å². The molecular formula is C11H14N2O2S2. The summed E-state index contributed by atoms with van der Waals surface area (Å²) in [5, 5.41) is 8.67. The van der Waals surface area contributed by atoms with Gasteiger partial charge in [-0.3, -0.25) is 0 Å². The molecule has 1 aromatic heterocycles. The number of nitriles is 1. The van der Waals surface area contributed by atoms with E-state index >= 15 is 0 Å². The molecule has 0 radical (unpaired) electrons. The van der Waals surface area contributed by atoms with Crippen LogP contribution in [0.3, 0.4) is 0 Å². The first-order chi connectivity index (χ1) is 8.02. The summed E-state index contributed by atoms with van der Waals surface area (Å²) in [6.45, 7) is 4.04. The summed E-state index contributed by atoms with van der Waals surface area (Å²) in [4.78, 5) is 0.406. The molecule has 1 aromatic rings. The Bertz CT molecular complexity index is 526. The Labute approximate surface area is 106 Å². The van der Waals surface area contributed by atoms with Crippen LogP contribution in [0.1, 0.15) is 17.7 Å². The lowest BCUT2D eigenvalue weighted by atomic mass is 10.3. The fourth-order valence-electron chi connectivity index (χ4n) is 1.25. The standard InChI is InChI=1S/C11H14N2O2S2/c1-3-4-5-8-13(2)17(14,15)11-7-6-10(9-12)16-11/h3,6-7H,1,4-5,8H2,2H3. The number of nitrogens with zero attached hydrogens (tertiary/aromatic N) is 2. The first-order valence-corrected chi connectivity index (χ1v) is 7.35. The van der Waals surface area contributed by atoms with Crippen molar-refractivity contribution < 1.29 is 8.42 Å². The number of hydrogen-bond donors (Lipinski definition) is 0.